The van der Waals surface area contributed by atoms with Gasteiger partial charge < -0.3 is 10.4 Å². The van der Waals surface area contributed by atoms with E-state index in [9.17, 15) is 18.3 Å². The highest BCUT2D eigenvalue weighted by Crippen LogP contribution is 2.30. The summed E-state index contributed by atoms with van der Waals surface area (Å²) >= 11 is 0. The zero-order chi connectivity index (χ0) is 16.3. The average molecular weight is 313 g/mol. The van der Waals surface area contributed by atoms with Crippen molar-refractivity contribution < 1.29 is 18.3 Å². The lowest BCUT2D eigenvalue weighted by atomic mass is 10.1. The number of aryl methyl sites for hydroxylation is 2. The normalized spacial score (nSPS) is 13.4. The van der Waals surface area contributed by atoms with Crippen molar-refractivity contribution in [3.63, 3.8) is 0 Å². The van der Waals surface area contributed by atoms with E-state index in [0.29, 0.717) is 6.54 Å². The molecule has 1 atom stereocenters. The van der Waals surface area contributed by atoms with Gasteiger partial charge in [0.1, 0.15) is 0 Å². The Kier molecular flexibility index (Phi) is 4.87. The molecule has 0 saturated carbocycles. The number of aliphatic hydroxyl groups excluding tert-OH is 1. The van der Waals surface area contributed by atoms with E-state index < -0.39 is 17.8 Å². The summed E-state index contributed by atoms with van der Waals surface area (Å²) in [5, 5.41) is 17.2. The predicted molar refractivity (Wildman–Crippen MR) is 76.1 cm³/mol. The van der Waals surface area contributed by atoms with E-state index in [4.69, 9.17) is 0 Å². The van der Waals surface area contributed by atoms with E-state index in [1.54, 1.807) is 4.68 Å². The van der Waals surface area contributed by atoms with Crippen LogP contribution in [-0.4, -0.2) is 21.4 Å². The van der Waals surface area contributed by atoms with Gasteiger partial charge in [0.25, 0.3) is 0 Å². The fourth-order valence-corrected chi connectivity index (χ4v) is 2.21. The molecule has 0 fully saturated rings. The molecule has 22 heavy (non-hydrogen) atoms. The third-order valence-corrected chi connectivity index (χ3v) is 3.37. The van der Waals surface area contributed by atoms with Crippen molar-refractivity contribution in [1.82, 2.24) is 15.1 Å². The average Bonchev–Trinajstić information content (AvgIpc) is 2.76. The molecule has 2 N–H and O–H groups in total. The summed E-state index contributed by atoms with van der Waals surface area (Å²) in [4.78, 5) is 0. The van der Waals surface area contributed by atoms with Crippen molar-refractivity contribution in [3.8, 4) is 0 Å². The molecule has 0 aliphatic rings. The van der Waals surface area contributed by atoms with Crippen molar-refractivity contribution >= 4 is 0 Å². The van der Waals surface area contributed by atoms with E-state index in [-0.39, 0.29) is 12.1 Å². The van der Waals surface area contributed by atoms with E-state index >= 15 is 0 Å². The number of hydrogen-bond donors (Lipinski definition) is 2. The molecule has 0 radical (unpaired) electrons. The minimum Gasteiger partial charge on any atom is -0.387 e. The van der Waals surface area contributed by atoms with Crippen LogP contribution in [0.25, 0.3) is 0 Å². The Labute approximate surface area is 126 Å². The first kappa shape index (κ1) is 16.5. The standard InChI is InChI=1S/C15H18F3N3O/c1-10-12(9-21(2)20-10)7-19-8-14(22)11-4-3-5-13(6-11)15(16,17)18/h3-6,9,14,19,22H,7-8H2,1-2H3. The summed E-state index contributed by atoms with van der Waals surface area (Å²) in [6.07, 6.45) is -3.55. The first-order valence-electron chi connectivity index (χ1n) is 6.82. The van der Waals surface area contributed by atoms with Crippen molar-refractivity contribution in [2.24, 2.45) is 7.05 Å². The van der Waals surface area contributed by atoms with Crippen LogP contribution in [0.15, 0.2) is 30.5 Å². The van der Waals surface area contributed by atoms with Crippen LogP contribution in [-0.2, 0) is 19.8 Å². The van der Waals surface area contributed by atoms with Crippen LogP contribution in [0.5, 0.6) is 0 Å². The van der Waals surface area contributed by atoms with Gasteiger partial charge in [-0.05, 0) is 24.6 Å². The molecular weight excluding hydrogens is 295 g/mol. The van der Waals surface area contributed by atoms with Gasteiger partial charge in [-0.25, -0.2) is 0 Å². The zero-order valence-corrected chi connectivity index (χ0v) is 12.4. The number of halogens is 3. The molecule has 2 rings (SSSR count). The molecule has 0 aliphatic heterocycles. The fourth-order valence-electron chi connectivity index (χ4n) is 2.21. The quantitative estimate of drug-likeness (QED) is 0.892. The maximum atomic E-state index is 12.6. The van der Waals surface area contributed by atoms with Crippen LogP contribution >= 0.6 is 0 Å². The summed E-state index contributed by atoms with van der Waals surface area (Å²) < 4.78 is 39.6. The number of rotatable bonds is 5. The van der Waals surface area contributed by atoms with E-state index in [2.05, 4.69) is 10.4 Å². The van der Waals surface area contributed by atoms with Crippen LogP contribution < -0.4 is 5.32 Å². The van der Waals surface area contributed by atoms with Crippen molar-refractivity contribution in [2.45, 2.75) is 25.7 Å². The van der Waals surface area contributed by atoms with Crippen LogP contribution in [0.1, 0.15) is 28.5 Å². The van der Waals surface area contributed by atoms with Crippen LogP contribution in [0.4, 0.5) is 13.2 Å². The van der Waals surface area contributed by atoms with Crippen molar-refractivity contribution in [2.75, 3.05) is 6.54 Å². The summed E-state index contributed by atoms with van der Waals surface area (Å²) in [6.45, 7) is 2.53. The van der Waals surface area contributed by atoms with Gasteiger partial charge in [-0.3, -0.25) is 4.68 Å². The smallest absolute Gasteiger partial charge is 0.387 e. The zero-order valence-electron chi connectivity index (χ0n) is 12.4. The SMILES string of the molecule is Cc1nn(C)cc1CNCC(O)c1cccc(C(F)(F)F)c1. The van der Waals surface area contributed by atoms with E-state index in [0.717, 1.165) is 23.4 Å². The molecule has 0 amide bonds. The molecule has 120 valence electrons. The number of nitrogens with zero attached hydrogens (tertiary/aromatic N) is 2. The number of hydrogen-bond acceptors (Lipinski definition) is 3. The molecule has 1 heterocycles. The number of aromatic nitrogens is 2. The largest absolute Gasteiger partial charge is 0.416 e. The maximum Gasteiger partial charge on any atom is 0.416 e. The second-order valence-electron chi connectivity index (χ2n) is 5.18. The monoisotopic (exact) mass is 313 g/mol. The highest BCUT2D eigenvalue weighted by atomic mass is 19.4. The Bertz CT molecular complexity index is 637. The first-order valence-corrected chi connectivity index (χ1v) is 6.82. The maximum absolute atomic E-state index is 12.6. The molecule has 0 aliphatic carbocycles. The molecule has 2 aromatic rings. The lowest BCUT2D eigenvalue weighted by Gasteiger charge is -2.14. The van der Waals surface area contributed by atoms with Crippen LogP contribution in [0, 0.1) is 6.92 Å². The number of nitrogens with one attached hydrogen (secondary N) is 1. The van der Waals surface area contributed by atoms with Crippen molar-refractivity contribution in [3.05, 3.63) is 52.8 Å². The van der Waals surface area contributed by atoms with Gasteiger partial charge >= 0.3 is 6.18 Å². The van der Waals surface area contributed by atoms with Gasteiger partial charge in [0.15, 0.2) is 0 Å². The predicted octanol–water partition coefficient (Wildman–Crippen LogP) is 2.57. The summed E-state index contributed by atoms with van der Waals surface area (Å²) in [5.41, 5.74) is 1.35. The Balaban J connectivity index is 1.95. The summed E-state index contributed by atoms with van der Waals surface area (Å²) in [5.74, 6) is 0. The minimum atomic E-state index is -4.41. The second kappa shape index (κ2) is 6.50. The Morgan fingerprint density at radius 2 is 2.09 bits per heavy atom. The van der Waals surface area contributed by atoms with Gasteiger partial charge in [0, 0.05) is 31.9 Å². The van der Waals surface area contributed by atoms with Gasteiger partial charge in [0.05, 0.1) is 17.4 Å². The van der Waals surface area contributed by atoms with E-state index in [1.807, 2.05) is 20.2 Å². The molecule has 0 spiro atoms. The second-order valence-corrected chi connectivity index (χ2v) is 5.18. The molecule has 0 saturated heterocycles. The van der Waals surface area contributed by atoms with Crippen molar-refractivity contribution in [1.29, 1.82) is 0 Å². The number of aliphatic hydroxyl groups is 1. The van der Waals surface area contributed by atoms with Gasteiger partial charge in [-0.15, -0.1) is 0 Å². The molecule has 0 bridgehead atoms. The molecule has 7 heteroatoms. The topological polar surface area (TPSA) is 50.1 Å². The van der Waals surface area contributed by atoms with Gasteiger partial charge in [0.2, 0.25) is 0 Å². The van der Waals surface area contributed by atoms with Gasteiger partial charge in [-0.2, -0.15) is 18.3 Å². The van der Waals surface area contributed by atoms with Crippen LogP contribution in [0.3, 0.4) is 0 Å². The Morgan fingerprint density at radius 3 is 2.68 bits per heavy atom. The number of alkyl halides is 3. The Morgan fingerprint density at radius 1 is 1.36 bits per heavy atom. The summed E-state index contributed by atoms with van der Waals surface area (Å²) in [7, 11) is 1.81. The lowest BCUT2D eigenvalue weighted by molar-refractivity contribution is -0.137. The molecular formula is C15H18F3N3O. The number of benzene rings is 1. The lowest BCUT2D eigenvalue weighted by Crippen LogP contribution is -2.21. The third-order valence-electron chi connectivity index (χ3n) is 3.37. The first-order chi connectivity index (χ1) is 10.3. The fraction of sp³-hybridized carbons (Fsp3) is 0.400. The Hall–Kier alpha value is -1.86. The molecule has 1 aromatic carbocycles. The van der Waals surface area contributed by atoms with Crippen LogP contribution in [0.2, 0.25) is 0 Å². The van der Waals surface area contributed by atoms with E-state index in [1.165, 1.54) is 12.1 Å². The highest BCUT2D eigenvalue weighted by Gasteiger charge is 2.30. The molecule has 1 aromatic heterocycles. The molecule has 4 nitrogen and oxygen atoms in total. The molecule has 1 unspecified atom stereocenters. The minimum absolute atomic E-state index is 0.162. The highest BCUT2D eigenvalue weighted by molar-refractivity contribution is 5.27. The van der Waals surface area contributed by atoms with Gasteiger partial charge in [-0.1, -0.05) is 12.1 Å². The third kappa shape index (κ3) is 4.08. The summed E-state index contributed by atoms with van der Waals surface area (Å²) in [6, 6.07) is 4.74.